The molecule has 11 nitrogen and oxygen atoms in total. The highest BCUT2D eigenvalue weighted by molar-refractivity contribution is 8.08. The lowest BCUT2D eigenvalue weighted by atomic mass is 10.0. The first-order valence-electron chi connectivity index (χ1n) is 14.3. The molecule has 4 aromatic rings. The van der Waals surface area contributed by atoms with Crippen molar-refractivity contribution in [2.45, 2.75) is 17.5 Å². The Balaban J connectivity index is 1.29. The number of anilines is 1. The molecular weight excluding hydrogens is 657 g/mol. The van der Waals surface area contributed by atoms with Crippen LogP contribution in [0.15, 0.2) is 112 Å². The monoisotopic (exact) mass is 684 g/mol. The van der Waals surface area contributed by atoms with Gasteiger partial charge in [-0.05, 0) is 34.2 Å². The number of oxime groups is 1. The number of thioether (sulfide) groups is 2. The predicted octanol–water partition coefficient (Wildman–Crippen LogP) is 4.82. The fourth-order valence-corrected chi connectivity index (χ4v) is 7.89. The first-order chi connectivity index (χ1) is 22.9. The largest absolute Gasteiger partial charge is 0.448 e. The molecule has 1 saturated heterocycles. The number of fused-ring (bicyclic) bond motifs is 1. The quantitative estimate of drug-likeness (QED) is 0.0975. The second-order valence-corrected chi connectivity index (χ2v) is 13.1. The molecule has 4 heterocycles. The average Bonchev–Trinajstić information content (AvgIpc) is 3.54. The number of carbonyl (C=O) groups is 3. The fourth-order valence-electron chi connectivity index (χ4n) is 4.99. The Morgan fingerprint density at radius 3 is 2.45 bits per heavy atom. The van der Waals surface area contributed by atoms with Crippen LogP contribution in [0, 0.1) is 0 Å². The molecule has 0 aliphatic carbocycles. The normalized spacial score (nSPS) is 17.8. The maximum atomic E-state index is 14.2. The lowest BCUT2D eigenvalue weighted by Gasteiger charge is -2.49. The van der Waals surface area contributed by atoms with Gasteiger partial charge in [0.2, 0.25) is 0 Å². The Kier molecular flexibility index (Phi) is 10.00. The number of nitrogens with zero attached hydrogens (tertiary/aromatic N) is 4. The van der Waals surface area contributed by atoms with Gasteiger partial charge in [-0.15, -0.1) is 23.1 Å². The van der Waals surface area contributed by atoms with Crippen molar-refractivity contribution >= 4 is 69.6 Å². The number of nitrogen functional groups attached to an aromatic ring is 1. The maximum Gasteiger partial charge on any atom is 0.356 e. The molecule has 238 valence electrons. The minimum Gasteiger partial charge on any atom is -0.448 e. The number of pyridine rings is 1. The summed E-state index contributed by atoms with van der Waals surface area (Å²) in [5.41, 5.74) is 8.45. The van der Waals surface area contributed by atoms with E-state index in [1.54, 1.807) is 17.8 Å². The molecule has 2 aromatic heterocycles. The summed E-state index contributed by atoms with van der Waals surface area (Å²) in [5, 5.41) is 9.69. The van der Waals surface area contributed by atoms with Crippen LogP contribution in [0.25, 0.3) is 6.08 Å². The van der Waals surface area contributed by atoms with E-state index in [4.69, 9.17) is 15.3 Å². The van der Waals surface area contributed by atoms with Crippen LogP contribution in [0.1, 0.15) is 28.5 Å². The third-order valence-corrected chi connectivity index (χ3v) is 10.2. The number of rotatable bonds is 11. The fraction of sp³-hybridized carbons (Fsp3) is 0.152. The van der Waals surface area contributed by atoms with Crippen LogP contribution < -0.4 is 11.1 Å². The summed E-state index contributed by atoms with van der Waals surface area (Å²) in [6.45, 7) is 0. The SMILES string of the molecule is CON=C(C(=O)NC1C(=O)N2C(C(=O)OC(c3ccccc3)c3ccccc3)=C(S/C=C\c3cccnc3)CS[C@H]12)c1csc(N)n1. The number of esters is 1. The van der Waals surface area contributed by atoms with E-state index >= 15 is 0 Å². The van der Waals surface area contributed by atoms with Crippen molar-refractivity contribution in [1.29, 1.82) is 0 Å². The number of hydrogen-bond donors (Lipinski definition) is 2. The molecule has 0 bridgehead atoms. The van der Waals surface area contributed by atoms with E-state index in [9.17, 15) is 14.4 Å². The highest BCUT2D eigenvalue weighted by Crippen LogP contribution is 2.45. The van der Waals surface area contributed by atoms with Crippen LogP contribution >= 0.6 is 34.9 Å². The zero-order chi connectivity index (χ0) is 32.8. The Hall–Kier alpha value is -4.92. The molecule has 14 heteroatoms. The van der Waals surface area contributed by atoms with E-state index in [0.29, 0.717) is 10.7 Å². The van der Waals surface area contributed by atoms with Gasteiger partial charge in [-0.3, -0.25) is 19.5 Å². The van der Waals surface area contributed by atoms with Gasteiger partial charge < -0.3 is 20.6 Å². The van der Waals surface area contributed by atoms with Crippen molar-refractivity contribution in [3.63, 3.8) is 0 Å². The van der Waals surface area contributed by atoms with E-state index in [1.165, 1.54) is 35.5 Å². The van der Waals surface area contributed by atoms with Gasteiger partial charge in [0.05, 0.1) is 0 Å². The molecule has 2 aromatic carbocycles. The number of amides is 2. The summed E-state index contributed by atoms with van der Waals surface area (Å²) in [6.07, 6.45) is 4.58. The summed E-state index contributed by atoms with van der Waals surface area (Å²) in [7, 11) is 1.30. The number of carbonyl (C=O) groups excluding carboxylic acids is 3. The molecule has 1 unspecified atom stereocenters. The van der Waals surface area contributed by atoms with Gasteiger partial charge in [0, 0.05) is 28.4 Å². The van der Waals surface area contributed by atoms with E-state index < -0.39 is 35.3 Å². The van der Waals surface area contributed by atoms with Crippen molar-refractivity contribution in [2.75, 3.05) is 18.6 Å². The van der Waals surface area contributed by atoms with E-state index in [-0.39, 0.29) is 22.2 Å². The molecule has 0 radical (unpaired) electrons. The summed E-state index contributed by atoms with van der Waals surface area (Å²) < 4.78 is 6.22. The van der Waals surface area contributed by atoms with Crippen molar-refractivity contribution in [1.82, 2.24) is 20.2 Å². The van der Waals surface area contributed by atoms with Crippen molar-refractivity contribution in [3.05, 3.63) is 129 Å². The zero-order valence-electron chi connectivity index (χ0n) is 24.9. The summed E-state index contributed by atoms with van der Waals surface area (Å²) in [6, 6.07) is 21.7. The molecule has 2 atom stereocenters. The molecule has 6 rings (SSSR count). The zero-order valence-corrected chi connectivity index (χ0v) is 27.3. The molecule has 1 fully saturated rings. The van der Waals surface area contributed by atoms with Gasteiger partial charge in [-0.25, -0.2) is 9.78 Å². The van der Waals surface area contributed by atoms with Crippen LogP contribution in [-0.2, 0) is 24.0 Å². The summed E-state index contributed by atoms with van der Waals surface area (Å²) >= 11 is 3.91. The van der Waals surface area contributed by atoms with Gasteiger partial charge in [-0.2, -0.15) is 0 Å². The Morgan fingerprint density at radius 1 is 1.11 bits per heavy atom. The van der Waals surface area contributed by atoms with Crippen molar-refractivity contribution < 1.29 is 24.0 Å². The number of thiazole rings is 1. The number of nitrogens with one attached hydrogen (secondary N) is 1. The predicted molar refractivity (Wildman–Crippen MR) is 184 cm³/mol. The molecule has 2 aliphatic rings. The third kappa shape index (κ3) is 7.09. The van der Waals surface area contributed by atoms with E-state index in [1.807, 2.05) is 84.3 Å². The van der Waals surface area contributed by atoms with Crippen LogP contribution in [0.4, 0.5) is 5.13 Å². The number of nitrogens with two attached hydrogens (primary N) is 1. The summed E-state index contributed by atoms with van der Waals surface area (Å²) in [4.78, 5) is 56.4. The van der Waals surface area contributed by atoms with Gasteiger partial charge in [0.25, 0.3) is 11.8 Å². The lowest BCUT2D eigenvalue weighted by molar-refractivity contribution is -0.154. The van der Waals surface area contributed by atoms with Crippen molar-refractivity contribution in [2.24, 2.45) is 5.16 Å². The number of β-lactam (4-membered cyclic amide) rings is 1. The van der Waals surface area contributed by atoms with Gasteiger partial charge >= 0.3 is 5.97 Å². The van der Waals surface area contributed by atoms with Gasteiger partial charge in [-0.1, -0.05) is 83.6 Å². The molecule has 47 heavy (non-hydrogen) atoms. The second kappa shape index (κ2) is 14.7. The first-order valence-corrected chi connectivity index (χ1v) is 17.1. The maximum absolute atomic E-state index is 14.2. The van der Waals surface area contributed by atoms with Crippen LogP contribution in [0.3, 0.4) is 0 Å². The standard InChI is InChI=1S/C33H28N6O5S3/c1-43-38-25(23-18-47-33(34)36-23)29(40)37-26-30(41)39-27(24(19-46-31(26)39)45-16-14-20-9-8-15-35-17-20)32(42)44-28(21-10-4-2-5-11-21)22-12-6-3-7-13-22/h2-18,26,28,31H,19H2,1H3,(H2,34,36)(H,37,40)/b16-14-,38-25?/t26?,31-/m1/s1. The Labute approximate surface area is 282 Å². The lowest BCUT2D eigenvalue weighted by Crippen LogP contribution is -2.71. The average molecular weight is 685 g/mol. The molecule has 3 N–H and O–H groups in total. The highest BCUT2D eigenvalue weighted by atomic mass is 32.2. The molecule has 2 amide bonds. The smallest absolute Gasteiger partial charge is 0.356 e. The minimum absolute atomic E-state index is 0.118. The van der Waals surface area contributed by atoms with Crippen molar-refractivity contribution in [3.8, 4) is 0 Å². The van der Waals surface area contributed by atoms with E-state index in [2.05, 4.69) is 20.4 Å². The number of aromatic nitrogens is 2. The first kappa shape index (κ1) is 32.0. The molecule has 0 saturated carbocycles. The van der Waals surface area contributed by atoms with E-state index in [0.717, 1.165) is 28.0 Å². The summed E-state index contributed by atoms with van der Waals surface area (Å²) in [5.74, 6) is -1.36. The number of hydrogen-bond acceptors (Lipinski definition) is 12. The Bertz CT molecular complexity index is 1810. The highest BCUT2D eigenvalue weighted by Gasteiger charge is 2.55. The third-order valence-electron chi connectivity index (χ3n) is 7.16. The topological polar surface area (TPSA) is 149 Å². The second-order valence-electron chi connectivity index (χ2n) is 10.1. The molecule has 2 aliphatic heterocycles. The molecular formula is C33H28N6O5S3. The number of ether oxygens (including phenoxy) is 1. The minimum atomic E-state index is -0.926. The van der Waals surface area contributed by atoms with Crippen LogP contribution in [-0.4, -0.2) is 62.6 Å². The van der Waals surface area contributed by atoms with Crippen LogP contribution in [0.2, 0.25) is 0 Å². The van der Waals surface area contributed by atoms with Crippen LogP contribution in [0.5, 0.6) is 0 Å². The Morgan fingerprint density at radius 2 is 1.83 bits per heavy atom. The van der Waals surface area contributed by atoms with Gasteiger partial charge in [0.15, 0.2) is 16.9 Å². The molecule has 0 spiro atoms. The van der Waals surface area contributed by atoms with Gasteiger partial charge in [0.1, 0.15) is 29.9 Å². The number of benzene rings is 2.